The molecule has 3 aromatic carbocycles. The molecule has 0 heterocycles. The zero-order valence-corrected chi connectivity index (χ0v) is 20.4. The van der Waals surface area contributed by atoms with Gasteiger partial charge in [0.25, 0.3) is 0 Å². The van der Waals surface area contributed by atoms with Gasteiger partial charge >= 0.3 is 0 Å². The van der Waals surface area contributed by atoms with Crippen molar-refractivity contribution in [2.75, 3.05) is 0 Å². The fourth-order valence-corrected chi connectivity index (χ4v) is 5.50. The van der Waals surface area contributed by atoms with E-state index in [1.807, 2.05) is 18.2 Å². The van der Waals surface area contributed by atoms with Crippen LogP contribution in [0.1, 0.15) is 75.0 Å². The maximum Gasteiger partial charge on any atom is 0.142 e. The van der Waals surface area contributed by atoms with E-state index in [9.17, 15) is 4.39 Å². The van der Waals surface area contributed by atoms with Crippen LogP contribution in [0.3, 0.4) is 0 Å². The number of unbranched alkanes of at least 4 members (excludes halogenated alkanes) is 1. The summed E-state index contributed by atoms with van der Waals surface area (Å²) in [5.74, 6) is 1.22. The molecule has 1 saturated carbocycles. The number of hydrogen-bond acceptors (Lipinski definition) is 0. The van der Waals surface area contributed by atoms with Crippen LogP contribution in [0.4, 0.5) is 8.78 Å². The summed E-state index contributed by atoms with van der Waals surface area (Å²) in [6.45, 7) is 2.28. The second kappa shape index (κ2) is 11.5. The number of halogens is 3. The van der Waals surface area contributed by atoms with Crippen LogP contribution < -0.4 is 0 Å². The van der Waals surface area contributed by atoms with E-state index in [-0.39, 0.29) is 10.8 Å². The van der Waals surface area contributed by atoms with Crippen LogP contribution >= 0.6 is 11.6 Å². The predicted octanol–water partition coefficient (Wildman–Crippen LogP) is 9.49. The Morgan fingerprint density at radius 2 is 1.48 bits per heavy atom. The molecule has 3 heteroatoms. The van der Waals surface area contributed by atoms with Crippen molar-refractivity contribution >= 4 is 22.4 Å². The highest BCUT2D eigenvalue weighted by molar-refractivity contribution is 6.30. The lowest BCUT2D eigenvalue weighted by molar-refractivity contribution is 0.250. The summed E-state index contributed by atoms with van der Waals surface area (Å²) in [6.07, 6.45) is 13.1. The van der Waals surface area contributed by atoms with Crippen molar-refractivity contribution in [3.05, 3.63) is 81.9 Å². The number of rotatable bonds is 9. The molecule has 0 radical (unpaired) electrons. The minimum atomic E-state index is -0.426. The Labute approximate surface area is 202 Å². The number of hydrogen-bond donors (Lipinski definition) is 0. The summed E-state index contributed by atoms with van der Waals surface area (Å²) in [5, 5.41) is 1.76. The van der Waals surface area contributed by atoms with Crippen LogP contribution in [-0.2, 0) is 19.3 Å². The highest BCUT2D eigenvalue weighted by atomic mass is 35.5. The van der Waals surface area contributed by atoms with Gasteiger partial charge in [-0.1, -0.05) is 99.9 Å². The molecule has 176 valence electrons. The molecular formula is C30H35ClF2. The van der Waals surface area contributed by atoms with E-state index < -0.39 is 5.82 Å². The van der Waals surface area contributed by atoms with E-state index in [2.05, 4.69) is 19.1 Å². The predicted molar refractivity (Wildman–Crippen MR) is 136 cm³/mol. The minimum absolute atomic E-state index is 0.117. The largest absolute Gasteiger partial charge is 0.206 e. The third kappa shape index (κ3) is 6.35. The van der Waals surface area contributed by atoms with Gasteiger partial charge in [0.1, 0.15) is 11.6 Å². The molecule has 0 spiro atoms. The molecule has 3 aromatic rings. The third-order valence-electron chi connectivity index (χ3n) is 7.54. The van der Waals surface area contributed by atoms with Gasteiger partial charge < -0.3 is 0 Å². The summed E-state index contributed by atoms with van der Waals surface area (Å²) in [6, 6.07) is 14.9. The lowest BCUT2D eigenvalue weighted by atomic mass is 9.78. The van der Waals surface area contributed by atoms with Crippen LogP contribution in [0.5, 0.6) is 0 Å². The molecule has 1 aliphatic rings. The molecule has 0 aromatic heterocycles. The van der Waals surface area contributed by atoms with Crippen molar-refractivity contribution in [1.29, 1.82) is 0 Å². The fraction of sp³-hybridized carbons (Fsp3) is 0.467. The van der Waals surface area contributed by atoms with Crippen molar-refractivity contribution in [2.45, 2.75) is 77.6 Å². The standard InChI is InChI=1S/C30H35ClF2/c1-2-3-4-21-5-7-22(8-6-21)9-10-23-12-17-27-26(19-23)16-15-25(30(27)33)14-11-24-13-18-28(31)29(32)20-24/h12-13,15-22H,2-11,14H2,1H3. The summed E-state index contributed by atoms with van der Waals surface area (Å²) >= 11 is 5.75. The summed E-state index contributed by atoms with van der Waals surface area (Å²) in [4.78, 5) is 0. The normalized spacial score (nSPS) is 18.7. The van der Waals surface area contributed by atoms with E-state index in [1.54, 1.807) is 12.1 Å². The second-order valence-electron chi connectivity index (χ2n) is 9.91. The van der Waals surface area contributed by atoms with Crippen molar-refractivity contribution < 1.29 is 8.78 Å². The maximum atomic E-state index is 15.2. The highest BCUT2D eigenvalue weighted by Crippen LogP contribution is 2.34. The van der Waals surface area contributed by atoms with E-state index in [0.29, 0.717) is 23.8 Å². The minimum Gasteiger partial charge on any atom is -0.206 e. The first-order valence-electron chi connectivity index (χ1n) is 12.7. The monoisotopic (exact) mass is 468 g/mol. The number of fused-ring (bicyclic) bond motifs is 1. The molecule has 0 unspecified atom stereocenters. The first-order valence-corrected chi connectivity index (χ1v) is 13.0. The van der Waals surface area contributed by atoms with Crippen LogP contribution in [-0.4, -0.2) is 0 Å². The zero-order valence-electron chi connectivity index (χ0n) is 19.7. The molecular weight excluding hydrogens is 434 g/mol. The van der Waals surface area contributed by atoms with Gasteiger partial charge in [-0.05, 0) is 71.7 Å². The lowest BCUT2D eigenvalue weighted by Crippen LogP contribution is -2.15. The zero-order chi connectivity index (χ0) is 23.2. The van der Waals surface area contributed by atoms with E-state index >= 15 is 4.39 Å². The Kier molecular flexibility index (Phi) is 8.41. The maximum absolute atomic E-state index is 15.2. The van der Waals surface area contributed by atoms with Crippen LogP contribution in [0.2, 0.25) is 5.02 Å². The van der Waals surface area contributed by atoms with Gasteiger partial charge in [-0.15, -0.1) is 0 Å². The van der Waals surface area contributed by atoms with Gasteiger partial charge in [-0.25, -0.2) is 8.78 Å². The van der Waals surface area contributed by atoms with Gasteiger partial charge in [0.2, 0.25) is 0 Å². The first-order chi connectivity index (χ1) is 16.0. The Balaban J connectivity index is 1.34. The summed E-state index contributed by atoms with van der Waals surface area (Å²) < 4.78 is 28.8. The molecule has 0 N–H and O–H groups in total. The Hall–Kier alpha value is -1.93. The average molecular weight is 469 g/mol. The van der Waals surface area contributed by atoms with Gasteiger partial charge in [0.15, 0.2) is 0 Å². The second-order valence-corrected chi connectivity index (χ2v) is 10.3. The molecule has 0 atom stereocenters. The molecule has 1 aliphatic carbocycles. The average Bonchev–Trinajstić information content (AvgIpc) is 2.83. The topological polar surface area (TPSA) is 0 Å². The van der Waals surface area contributed by atoms with Gasteiger partial charge in [0.05, 0.1) is 5.02 Å². The molecule has 0 saturated heterocycles. The Morgan fingerprint density at radius 3 is 2.21 bits per heavy atom. The Bertz CT molecular complexity index is 1070. The summed E-state index contributed by atoms with van der Waals surface area (Å²) in [5.41, 5.74) is 2.80. The molecule has 0 aliphatic heterocycles. The van der Waals surface area contributed by atoms with Crippen LogP contribution in [0.15, 0.2) is 48.5 Å². The third-order valence-corrected chi connectivity index (χ3v) is 7.85. The molecule has 1 fully saturated rings. The molecule has 33 heavy (non-hydrogen) atoms. The number of aryl methyl sites for hydroxylation is 3. The van der Waals surface area contributed by atoms with Crippen molar-refractivity contribution in [3.8, 4) is 0 Å². The quantitative estimate of drug-likeness (QED) is 0.293. The van der Waals surface area contributed by atoms with E-state index in [0.717, 1.165) is 29.2 Å². The lowest BCUT2D eigenvalue weighted by Gasteiger charge is -2.28. The fourth-order valence-electron chi connectivity index (χ4n) is 5.38. The van der Waals surface area contributed by atoms with Gasteiger partial charge in [-0.2, -0.15) is 0 Å². The number of benzene rings is 3. The molecule has 0 amide bonds. The molecule has 0 bridgehead atoms. The first kappa shape index (κ1) is 24.2. The Morgan fingerprint density at radius 1 is 0.788 bits per heavy atom. The van der Waals surface area contributed by atoms with Crippen molar-refractivity contribution in [2.24, 2.45) is 11.8 Å². The van der Waals surface area contributed by atoms with Crippen molar-refractivity contribution in [3.63, 3.8) is 0 Å². The molecule has 0 nitrogen and oxygen atoms in total. The highest BCUT2D eigenvalue weighted by Gasteiger charge is 2.20. The van der Waals surface area contributed by atoms with Crippen molar-refractivity contribution in [1.82, 2.24) is 0 Å². The molecule has 4 rings (SSSR count). The summed E-state index contributed by atoms with van der Waals surface area (Å²) in [7, 11) is 0. The van der Waals surface area contributed by atoms with Crippen LogP contribution in [0, 0.1) is 23.5 Å². The van der Waals surface area contributed by atoms with Gasteiger partial charge in [-0.3, -0.25) is 0 Å². The van der Waals surface area contributed by atoms with Crippen LogP contribution in [0.25, 0.3) is 10.8 Å². The van der Waals surface area contributed by atoms with E-state index in [4.69, 9.17) is 11.6 Å². The van der Waals surface area contributed by atoms with Gasteiger partial charge in [0, 0.05) is 5.39 Å². The smallest absolute Gasteiger partial charge is 0.142 e. The SMILES string of the molecule is CCCCC1CCC(CCc2ccc3c(F)c(CCc4ccc(Cl)c(F)c4)ccc3c2)CC1. The van der Waals surface area contributed by atoms with E-state index in [1.165, 1.54) is 63.0 Å².